The Bertz CT molecular complexity index is 260. The van der Waals surface area contributed by atoms with Crippen molar-refractivity contribution in [3.05, 3.63) is 22.4 Å². The minimum absolute atomic E-state index is 0. The number of rotatable bonds is 7. The highest BCUT2D eigenvalue weighted by molar-refractivity contribution is 7.98. The van der Waals surface area contributed by atoms with Crippen molar-refractivity contribution >= 4 is 28.9 Å². The molecule has 1 N–H and O–H groups in total. The monoisotopic (exact) mass is 245 g/mol. The first-order chi connectivity index (χ1) is 6.84. The van der Waals surface area contributed by atoms with Crippen LogP contribution < -0.4 is 5.32 Å². The molecule has 4 heteroatoms. The van der Waals surface area contributed by atoms with Crippen molar-refractivity contribution < 1.29 is 4.79 Å². The molecule has 0 unspecified atom stereocenters. The normalized spacial score (nSPS) is 9.67. The molecule has 0 radical (unpaired) electrons. The molecule has 0 aliphatic rings. The molecule has 0 bridgehead atoms. The van der Waals surface area contributed by atoms with E-state index in [-0.39, 0.29) is 13.2 Å². The van der Waals surface area contributed by atoms with Crippen LogP contribution in [0.4, 0.5) is 0 Å². The van der Waals surface area contributed by atoms with Crippen LogP contribution in [0.25, 0.3) is 0 Å². The smallest absolute Gasteiger partial charge is 0.164 e. The molecular formula is C11H19NOS2. The Labute approximate surface area is 100 Å². The molecule has 0 aromatic carbocycles. The van der Waals surface area contributed by atoms with Gasteiger partial charge in [-0.3, -0.25) is 4.79 Å². The zero-order valence-electron chi connectivity index (χ0n) is 8.29. The highest BCUT2D eigenvalue weighted by Crippen LogP contribution is 2.07. The highest BCUT2D eigenvalue weighted by atomic mass is 32.2. The van der Waals surface area contributed by atoms with E-state index in [1.807, 2.05) is 28.6 Å². The number of nitrogens with one attached hydrogen (secondary N) is 1. The third-order valence-corrected chi connectivity index (χ3v) is 3.15. The van der Waals surface area contributed by atoms with Crippen molar-refractivity contribution in [3.63, 3.8) is 0 Å². The predicted molar refractivity (Wildman–Crippen MR) is 71.2 cm³/mol. The third-order valence-electron chi connectivity index (χ3n) is 1.85. The Hall–Kier alpha value is -0.320. The summed E-state index contributed by atoms with van der Waals surface area (Å²) in [5, 5.41) is 7.09. The van der Waals surface area contributed by atoms with E-state index in [0.717, 1.165) is 24.4 Å². The average molecular weight is 245 g/mol. The number of Topliss-reactive ketones (excluding diaryl/α,β-unsaturated/α-hetero) is 1. The average Bonchev–Trinajstić information content (AvgIpc) is 2.70. The Kier molecular flexibility index (Phi) is 8.76. The van der Waals surface area contributed by atoms with Crippen molar-refractivity contribution in [3.8, 4) is 0 Å². The van der Waals surface area contributed by atoms with E-state index < -0.39 is 0 Å². The molecule has 1 aromatic rings. The second-order valence-electron chi connectivity index (χ2n) is 2.93. The van der Waals surface area contributed by atoms with E-state index in [1.54, 1.807) is 11.3 Å². The van der Waals surface area contributed by atoms with Crippen LogP contribution in [0.3, 0.4) is 0 Å². The molecule has 1 heterocycles. The first-order valence-corrected chi connectivity index (χ1v) is 6.93. The molecule has 0 saturated carbocycles. The number of hydrogen-bond donors (Lipinski definition) is 1. The zero-order valence-corrected chi connectivity index (χ0v) is 9.92. The van der Waals surface area contributed by atoms with Crippen LogP contribution >= 0.6 is 23.1 Å². The van der Waals surface area contributed by atoms with Gasteiger partial charge in [-0.15, -0.1) is 0 Å². The molecular weight excluding hydrogens is 226 g/mol. The largest absolute Gasteiger partial charge is 0.315 e. The summed E-state index contributed by atoms with van der Waals surface area (Å²) in [5.74, 6) is 1.34. The zero-order chi connectivity index (χ0) is 10.2. The number of carbonyl (C=O) groups is 1. The maximum Gasteiger partial charge on any atom is 0.164 e. The van der Waals surface area contributed by atoms with Gasteiger partial charge in [0.2, 0.25) is 0 Å². The van der Waals surface area contributed by atoms with E-state index in [0.29, 0.717) is 6.42 Å². The van der Waals surface area contributed by atoms with Gasteiger partial charge in [0, 0.05) is 36.2 Å². The molecule has 86 valence electrons. The maximum absolute atomic E-state index is 11.5. The summed E-state index contributed by atoms with van der Waals surface area (Å²) in [5.41, 5.74) is 0.849. The second-order valence-corrected chi connectivity index (χ2v) is 4.69. The van der Waals surface area contributed by atoms with Crippen LogP contribution in [0.1, 0.15) is 24.2 Å². The molecule has 1 rings (SSSR count). The fourth-order valence-electron chi connectivity index (χ4n) is 1.07. The van der Waals surface area contributed by atoms with E-state index >= 15 is 0 Å². The van der Waals surface area contributed by atoms with Crippen LogP contribution in [-0.2, 0) is 0 Å². The molecule has 0 aliphatic heterocycles. The van der Waals surface area contributed by atoms with Gasteiger partial charge in [-0.1, -0.05) is 7.43 Å². The van der Waals surface area contributed by atoms with Crippen LogP contribution in [0.15, 0.2) is 16.8 Å². The van der Waals surface area contributed by atoms with Crippen molar-refractivity contribution in [2.45, 2.75) is 13.8 Å². The highest BCUT2D eigenvalue weighted by Gasteiger charge is 2.04. The van der Waals surface area contributed by atoms with Gasteiger partial charge in [-0.05, 0) is 17.7 Å². The lowest BCUT2D eigenvalue weighted by molar-refractivity contribution is 0.0983. The summed E-state index contributed by atoms with van der Waals surface area (Å²) >= 11 is 3.38. The summed E-state index contributed by atoms with van der Waals surface area (Å²) < 4.78 is 0. The van der Waals surface area contributed by atoms with E-state index in [4.69, 9.17) is 0 Å². The third kappa shape index (κ3) is 5.97. The van der Waals surface area contributed by atoms with Gasteiger partial charge >= 0.3 is 0 Å². The summed E-state index contributed by atoms with van der Waals surface area (Å²) in [4.78, 5) is 11.5. The molecule has 1 aromatic heterocycles. The van der Waals surface area contributed by atoms with Crippen LogP contribution in [0.5, 0.6) is 0 Å². The lowest BCUT2D eigenvalue weighted by Crippen LogP contribution is -2.20. The fraction of sp³-hybridized carbons (Fsp3) is 0.545. The summed E-state index contributed by atoms with van der Waals surface area (Å²) in [6.07, 6.45) is 2.68. The number of thioether (sulfide) groups is 1. The molecule has 0 fully saturated rings. The molecule has 0 amide bonds. The van der Waals surface area contributed by atoms with E-state index in [1.165, 1.54) is 0 Å². The summed E-state index contributed by atoms with van der Waals surface area (Å²) in [6, 6.07) is 1.88. The number of carbonyl (C=O) groups excluding carboxylic acids is 1. The Morgan fingerprint density at radius 1 is 1.53 bits per heavy atom. The maximum atomic E-state index is 11.5. The minimum Gasteiger partial charge on any atom is -0.315 e. The Morgan fingerprint density at radius 2 is 2.33 bits per heavy atom. The van der Waals surface area contributed by atoms with Crippen LogP contribution in [0, 0.1) is 0 Å². The quantitative estimate of drug-likeness (QED) is 0.591. The lowest BCUT2D eigenvalue weighted by Gasteiger charge is -2.01. The second kappa shape index (κ2) is 8.95. The molecule has 2 nitrogen and oxygen atoms in total. The summed E-state index contributed by atoms with van der Waals surface area (Å²) in [7, 11) is 0. The fourth-order valence-corrected chi connectivity index (χ4v) is 2.08. The van der Waals surface area contributed by atoms with Gasteiger partial charge in [0.25, 0.3) is 0 Å². The minimum atomic E-state index is 0. The molecule has 0 spiro atoms. The van der Waals surface area contributed by atoms with E-state index in [9.17, 15) is 4.79 Å². The molecule has 0 saturated heterocycles. The van der Waals surface area contributed by atoms with Crippen LogP contribution in [-0.4, -0.2) is 30.9 Å². The molecule has 15 heavy (non-hydrogen) atoms. The number of thiophene rings is 1. The van der Waals surface area contributed by atoms with Crippen molar-refractivity contribution in [1.29, 1.82) is 0 Å². The van der Waals surface area contributed by atoms with Gasteiger partial charge in [-0.2, -0.15) is 23.1 Å². The topological polar surface area (TPSA) is 29.1 Å². The van der Waals surface area contributed by atoms with Crippen molar-refractivity contribution in [2.75, 3.05) is 25.1 Å². The predicted octanol–water partition coefficient (Wildman–Crippen LogP) is 2.91. The Morgan fingerprint density at radius 3 is 2.93 bits per heavy atom. The standard InChI is InChI=1S/C10H15NOS2.CH4/c1-13-7-5-11-4-2-10(12)9-3-6-14-8-9;/h3,6,8,11H,2,4-5,7H2,1H3;1H4. The SMILES string of the molecule is C.CSCCNCCC(=O)c1ccsc1. The van der Waals surface area contributed by atoms with E-state index in [2.05, 4.69) is 11.6 Å². The first-order valence-electron chi connectivity index (χ1n) is 4.59. The number of ketones is 1. The summed E-state index contributed by atoms with van der Waals surface area (Å²) in [6.45, 7) is 1.77. The van der Waals surface area contributed by atoms with Gasteiger partial charge in [0.15, 0.2) is 5.78 Å². The first kappa shape index (κ1) is 14.7. The molecule has 0 aliphatic carbocycles. The van der Waals surface area contributed by atoms with Gasteiger partial charge in [0.05, 0.1) is 0 Å². The lowest BCUT2D eigenvalue weighted by atomic mass is 10.2. The number of hydrogen-bond acceptors (Lipinski definition) is 4. The van der Waals surface area contributed by atoms with Gasteiger partial charge < -0.3 is 5.32 Å². The van der Waals surface area contributed by atoms with Crippen molar-refractivity contribution in [1.82, 2.24) is 5.32 Å². The molecule has 0 atom stereocenters. The van der Waals surface area contributed by atoms with Gasteiger partial charge in [-0.25, -0.2) is 0 Å². The van der Waals surface area contributed by atoms with Crippen molar-refractivity contribution in [2.24, 2.45) is 0 Å². The van der Waals surface area contributed by atoms with Crippen LogP contribution in [0.2, 0.25) is 0 Å². The van der Waals surface area contributed by atoms with Gasteiger partial charge in [0.1, 0.15) is 0 Å². The Balaban J connectivity index is 0.00000196.